The smallest absolute Gasteiger partial charge is 0.215 e. The van der Waals surface area contributed by atoms with Gasteiger partial charge in [0.2, 0.25) is 10.0 Å². The van der Waals surface area contributed by atoms with Crippen molar-refractivity contribution < 1.29 is 13.2 Å². The normalized spacial score (nSPS) is 26.3. The maximum Gasteiger partial charge on any atom is 0.215 e. The van der Waals surface area contributed by atoms with Crippen molar-refractivity contribution in [3.8, 4) is 0 Å². The van der Waals surface area contributed by atoms with Gasteiger partial charge in [-0.1, -0.05) is 24.3 Å². The first-order valence-electron chi connectivity index (χ1n) is 8.37. The predicted molar refractivity (Wildman–Crippen MR) is 91.0 cm³/mol. The number of nitrogens with zero attached hydrogens (tertiary/aromatic N) is 1. The molecule has 1 heterocycles. The summed E-state index contributed by atoms with van der Waals surface area (Å²) in [5.74, 6) is 0.152. The van der Waals surface area contributed by atoms with Crippen molar-refractivity contribution in [1.29, 1.82) is 0 Å². The average molecular weight is 338 g/mol. The highest BCUT2D eigenvalue weighted by atomic mass is 32.2. The first kappa shape index (κ1) is 16.9. The number of rotatable bonds is 5. The SMILES string of the molecule is C[C@H]1CN(S(=O)(=O)CCNC2Cc3ccccc3C2)C[C@H](C)O1. The molecule has 0 unspecified atom stereocenters. The van der Waals surface area contributed by atoms with Crippen LogP contribution in [-0.4, -0.2) is 56.4 Å². The van der Waals surface area contributed by atoms with Crippen LogP contribution in [0.15, 0.2) is 24.3 Å². The van der Waals surface area contributed by atoms with Crippen LogP contribution in [0.3, 0.4) is 0 Å². The second-order valence-corrected chi connectivity index (χ2v) is 8.81. The molecule has 0 amide bonds. The molecular formula is C17H26N2O3S. The molecule has 0 bridgehead atoms. The molecule has 2 aliphatic rings. The monoisotopic (exact) mass is 338 g/mol. The Morgan fingerprint density at radius 3 is 2.26 bits per heavy atom. The molecule has 5 nitrogen and oxygen atoms in total. The zero-order chi connectivity index (χ0) is 16.4. The highest BCUT2D eigenvalue weighted by Gasteiger charge is 2.31. The van der Waals surface area contributed by atoms with E-state index >= 15 is 0 Å². The lowest BCUT2D eigenvalue weighted by atomic mass is 10.1. The largest absolute Gasteiger partial charge is 0.373 e. The van der Waals surface area contributed by atoms with E-state index in [9.17, 15) is 8.42 Å². The first-order chi connectivity index (χ1) is 10.9. The Balaban J connectivity index is 1.49. The van der Waals surface area contributed by atoms with Crippen LogP contribution in [0.1, 0.15) is 25.0 Å². The van der Waals surface area contributed by atoms with Crippen LogP contribution in [0.25, 0.3) is 0 Å². The predicted octanol–water partition coefficient (Wildman–Crippen LogP) is 1.18. The van der Waals surface area contributed by atoms with Crippen LogP contribution in [0.5, 0.6) is 0 Å². The third-order valence-electron chi connectivity index (χ3n) is 4.62. The van der Waals surface area contributed by atoms with Gasteiger partial charge in [0.25, 0.3) is 0 Å². The van der Waals surface area contributed by atoms with E-state index in [0.29, 0.717) is 25.7 Å². The standard InChI is InChI=1S/C17H26N2O3S/c1-13-11-19(12-14(2)22-13)23(20,21)8-7-18-17-9-15-5-3-4-6-16(15)10-17/h3-6,13-14,17-18H,7-12H2,1-2H3/t13-,14-/m0/s1. The molecule has 3 rings (SSSR count). The molecule has 2 atom stereocenters. The third-order valence-corrected chi connectivity index (χ3v) is 6.43. The lowest BCUT2D eigenvalue weighted by Gasteiger charge is -2.34. The van der Waals surface area contributed by atoms with Gasteiger partial charge in [-0.25, -0.2) is 8.42 Å². The van der Waals surface area contributed by atoms with E-state index < -0.39 is 10.0 Å². The lowest BCUT2D eigenvalue weighted by Crippen LogP contribution is -2.49. The van der Waals surface area contributed by atoms with Crippen LogP contribution >= 0.6 is 0 Å². The van der Waals surface area contributed by atoms with Gasteiger partial charge in [-0.15, -0.1) is 0 Å². The third kappa shape index (κ3) is 4.12. The van der Waals surface area contributed by atoms with E-state index in [-0.39, 0.29) is 18.0 Å². The summed E-state index contributed by atoms with van der Waals surface area (Å²) in [5, 5.41) is 3.41. The number of hydrogen-bond donors (Lipinski definition) is 1. The second-order valence-electron chi connectivity index (χ2n) is 6.72. The molecule has 6 heteroatoms. The first-order valence-corrected chi connectivity index (χ1v) is 9.98. The molecule has 1 saturated heterocycles. The zero-order valence-corrected chi connectivity index (χ0v) is 14.7. The number of nitrogens with one attached hydrogen (secondary N) is 1. The van der Waals surface area contributed by atoms with Gasteiger partial charge >= 0.3 is 0 Å². The van der Waals surface area contributed by atoms with Gasteiger partial charge in [0.05, 0.1) is 18.0 Å². The maximum absolute atomic E-state index is 12.5. The van der Waals surface area contributed by atoms with Gasteiger partial charge in [-0.3, -0.25) is 0 Å². The highest BCUT2D eigenvalue weighted by molar-refractivity contribution is 7.89. The summed E-state index contributed by atoms with van der Waals surface area (Å²) in [7, 11) is -3.22. The summed E-state index contributed by atoms with van der Waals surface area (Å²) in [6, 6.07) is 8.79. The highest BCUT2D eigenvalue weighted by Crippen LogP contribution is 2.21. The van der Waals surface area contributed by atoms with Gasteiger partial charge in [-0.05, 0) is 37.8 Å². The van der Waals surface area contributed by atoms with Crippen LogP contribution in [-0.2, 0) is 27.6 Å². The van der Waals surface area contributed by atoms with Crippen molar-refractivity contribution >= 4 is 10.0 Å². The van der Waals surface area contributed by atoms with Crippen LogP contribution in [0.4, 0.5) is 0 Å². The summed E-state index contributed by atoms with van der Waals surface area (Å²) in [6.07, 6.45) is 1.90. The Labute approximate surface area is 139 Å². The molecule has 0 saturated carbocycles. The molecule has 0 radical (unpaired) electrons. The fourth-order valence-electron chi connectivity index (χ4n) is 3.58. The van der Waals surface area contributed by atoms with Gasteiger partial charge < -0.3 is 10.1 Å². The minimum atomic E-state index is -3.22. The van der Waals surface area contributed by atoms with Crippen LogP contribution in [0.2, 0.25) is 0 Å². The number of ether oxygens (including phenoxy) is 1. The Morgan fingerprint density at radius 2 is 1.70 bits per heavy atom. The van der Waals surface area contributed by atoms with E-state index in [0.717, 1.165) is 12.8 Å². The summed E-state index contributed by atoms with van der Waals surface area (Å²) in [4.78, 5) is 0. The number of fused-ring (bicyclic) bond motifs is 1. The van der Waals surface area contributed by atoms with Crippen molar-refractivity contribution in [2.45, 2.75) is 44.9 Å². The van der Waals surface area contributed by atoms with Gasteiger partial charge in [0.15, 0.2) is 0 Å². The maximum atomic E-state index is 12.5. The molecule has 1 aliphatic heterocycles. The molecule has 1 aliphatic carbocycles. The Bertz CT molecular complexity index is 612. The topological polar surface area (TPSA) is 58.6 Å². The Morgan fingerprint density at radius 1 is 1.13 bits per heavy atom. The van der Waals surface area contributed by atoms with Crippen LogP contribution in [0, 0.1) is 0 Å². The summed E-state index contributed by atoms with van der Waals surface area (Å²) in [6.45, 7) is 5.27. The average Bonchev–Trinajstić information content (AvgIpc) is 2.88. The molecule has 1 N–H and O–H groups in total. The van der Waals surface area contributed by atoms with E-state index in [4.69, 9.17) is 4.74 Å². The quantitative estimate of drug-likeness (QED) is 0.876. The second kappa shape index (κ2) is 6.89. The molecule has 1 aromatic rings. The summed E-state index contributed by atoms with van der Waals surface area (Å²) < 4.78 is 32.2. The molecule has 0 aromatic heterocycles. The van der Waals surface area contributed by atoms with Gasteiger partial charge in [-0.2, -0.15) is 4.31 Å². The molecule has 128 valence electrons. The van der Waals surface area contributed by atoms with Crippen molar-refractivity contribution in [2.24, 2.45) is 0 Å². The Hall–Kier alpha value is -0.950. The van der Waals surface area contributed by atoms with Crippen molar-refractivity contribution in [2.75, 3.05) is 25.4 Å². The van der Waals surface area contributed by atoms with E-state index in [1.54, 1.807) is 4.31 Å². The summed E-state index contributed by atoms with van der Waals surface area (Å²) in [5.41, 5.74) is 2.76. The van der Waals surface area contributed by atoms with Crippen molar-refractivity contribution in [1.82, 2.24) is 9.62 Å². The molecular weight excluding hydrogens is 312 g/mol. The van der Waals surface area contributed by atoms with Gasteiger partial charge in [0, 0.05) is 25.7 Å². The lowest BCUT2D eigenvalue weighted by molar-refractivity contribution is -0.0440. The van der Waals surface area contributed by atoms with Crippen LogP contribution < -0.4 is 5.32 Å². The number of hydrogen-bond acceptors (Lipinski definition) is 4. The van der Waals surface area contributed by atoms with E-state index in [1.165, 1.54) is 11.1 Å². The molecule has 23 heavy (non-hydrogen) atoms. The fourth-order valence-corrected chi connectivity index (χ4v) is 5.09. The molecule has 1 fully saturated rings. The van der Waals surface area contributed by atoms with E-state index in [2.05, 4.69) is 29.6 Å². The molecule has 0 spiro atoms. The number of sulfonamides is 1. The van der Waals surface area contributed by atoms with Crippen molar-refractivity contribution in [3.63, 3.8) is 0 Å². The number of morpholine rings is 1. The minimum Gasteiger partial charge on any atom is -0.373 e. The zero-order valence-electron chi connectivity index (χ0n) is 13.9. The van der Waals surface area contributed by atoms with Gasteiger partial charge in [0.1, 0.15) is 0 Å². The van der Waals surface area contributed by atoms with Crippen molar-refractivity contribution in [3.05, 3.63) is 35.4 Å². The van der Waals surface area contributed by atoms with E-state index in [1.807, 2.05) is 13.8 Å². The fraction of sp³-hybridized carbons (Fsp3) is 0.647. The summed E-state index contributed by atoms with van der Waals surface area (Å²) >= 11 is 0. The number of benzene rings is 1. The Kier molecular flexibility index (Phi) is 5.06. The minimum absolute atomic E-state index is 0.0363. The molecule has 1 aromatic carbocycles.